The van der Waals surface area contributed by atoms with E-state index in [0.29, 0.717) is 70.0 Å². The van der Waals surface area contributed by atoms with Crippen LogP contribution in [0.4, 0.5) is 5.69 Å². The normalized spacial score (nSPS) is 26.3. The number of para-hydroxylation sites is 1. The summed E-state index contributed by atoms with van der Waals surface area (Å²) in [6, 6.07) is 15.7. The van der Waals surface area contributed by atoms with Gasteiger partial charge in [-0.25, -0.2) is 0 Å². The number of methoxy groups -OCH3 is 1. The Balaban J connectivity index is 1.30. The molecule has 58 heavy (non-hydrogen) atoms. The number of carbonyl (C=O) groups excluding carboxylic acids is 2. The number of benzene rings is 3. The van der Waals surface area contributed by atoms with E-state index in [1.807, 2.05) is 67.5 Å². The van der Waals surface area contributed by atoms with E-state index in [1.54, 1.807) is 25.2 Å². The second kappa shape index (κ2) is 17.8. The molecule has 2 aliphatic heterocycles. The number of hydrogen-bond donors (Lipinski definition) is 5. The Morgan fingerprint density at radius 3 is 2.50 bits per heavy atom. The van der Waals surface area contributed by atoms with E-state index >= 15 is 0 Å². The molecular formula is C45H63N5O8. The molecular weight excluding hydrogens is 739 g/mol. The molecule has 1 saturated carbocycles. The number of nitrogens with zero attached hydrogens (tertiary/aromatic N) is 2. The third-order valence-corrected chi connectivity index (χ3v) is 13.2. The molecule has 6 N–H and O–H groups in total. The van der Waals surface area contributed by atoms with Crippen LogP contribution in [0.5, 0.6) is 17.2 Å². The fourth-order valence-corrected chi connectivity index (χ4v) is 9.26. The Labute approximate surface area is 343 Å². The Hall–Kier alpha value is -4.40. The lowest BCUT2D eigenvalue weighted by Gasteiger charge is -2.50. The lowest BCUT2D eigenvalue weighted by atomic mass is 9.58. The van der Waals surface area contributed by atoms with Crippen LogP contribution in [0.15, 0.2) is 54.6 Å². The number of rotatable bonds is 14. The molecule has 316 valence electrons. The maximum absolute atomic E-state index is 14.4. The molecule has 3 aromatic rings. The summed E-state index contributed by atoms with van der Waals surface area (Å²) in [5, 5.41) is 29.5. The van der Waals surface area contributed by atoms with Crippen LogP contribution in [0.2, 0.25) is 0 Å². The van der Waals surface area contributed by atoms with Gasteiger partial charge in [-0.15, -0.1) is 0 Å². The first-order valence-corrected chi connectivity index (χ1v) is 20.5. The van der Waals surface area contributed by atoms with Gasteiger partial charge in [-0.05, 0) is 92.4 Å². The number of anilines is 1. The summed E-state index contributed by atoms with van der Waals surface area (Å²) in [6.07, 6.45) is -0.320. The van der Waals surface area contributed by atoms with Crippen molar-refractivity contribution in [1.82, 2.24) is 20.6 Å². The molecule has 0 aromatic heterocycles. The van der Waals surface area contributed by atoms with Crippen LogP contribution in [0.3, 0.4) is 0 Å². The molecule has 3 aromatic carbocycles. The number of nitrogens with two attached hydrogens (primary N) is 1. The topological polar surface area (TPSA) is 168 Å². The average molecular weight is 802 g/mol. The van der Waals surface area contributed by atoms with Crippen LogP contribution in [-0.2, 0) is 22.6 Å². The maximum Gasteiger partial charge on any atom is 0.255 e. The van der Waals surface area contributed by atoms with Crippen molar-refractivity contribution in [3.63, 3.8) is 0 Å². The molecule has 2 heterocycles. The van der Waals surface area contributed by atoms with Crippen LogP contribution in [-0.4, -0.2) is 103 Å². The summed E-state index contributed by atoms with van der Waals surface area (Å²) in [5.41, 5.74) is 10.2. The van der Waals surface area contributed by atoms with E-state index in [2.05, 4.69) is 45.3 Å². The van der Waals surface area contributed by atoms with Crippen molar-refractivity contribution >= 4 is 17.5 Å². The number of hydroxylamine groups is 2. The zero-order valence-corrected chi connectivity index (χ0v) is 35.5. The van der Waals surface area contributed by atoms with Crippen molar-refractivity contribution in [2.24, 2.45) is 29.1 Å². The SMILES string of the molecule is COc1c(CN2O[C@@H](CO)[C@@H]([C@H](C)O)[C@H]2C(=O)N[C@H]2C[C@@H](C)C(C)(C)[C@@H](C)[C@@H]2C)cccc1-c1cc2c(c(C(=O)N[C@@H](Cc3cccc(N)c3)CN(C)C)c1)OCO2. The van der Waals surface area contributed by atoms with Gasteiger partial charge >= 0.3 is 0 Å². The smallest absolute Gasteiger partial charge is 0.255 e. The van der Waals surface area contributed by atoms with Gasteiger partial charge in [0.1, 0.15) is 17.9 Å². The number of ether oxygens (including phenoxy) is 3. The summed E-state index contributed by atoms with van der Waals surface area (Å²) < 4.78 is 17.8. The maximum atomic E-state index is 14.4. The highest BCUT2D eigenvalue weighted by Crippen LogP contribution is 2.48. The molecule has 2 fully saturated rings. The molecule has 0 spiro atoms. The minimum Gasteiger partial charge on any atom is -0.496 e. The molecule has 6 rings (SSSR count). The van der Waals surface area contributed by atoms with Gasteiger partial charge in [-0.1, -0.05) is 65.0 Å². The van der Waals surface area contributed by atoms with Gasteiger partial charge in [-0.3, -0.25) is 14.4 Å². The quantitative estimate of drug-likeness (QED) is 0.141. The number of carbonyl (C=O) groups is 2. The Kier molecular flexibility index (Phi) is 13.3. The minimum atomic E-state index is -0.937. The Morgan fingerprint density at radius 2 is 1.83 bits per heavy atom. The molecule has 9 atom stereocenters. The second-order valence-corrected chi connectivity index (χ2v) is 17.5. The number of nitrogens with one attached hydrogen (secondary N) is 2. The highest BCUT2D eigenvalue weighted by atomic mass is 16.7. The standard InChI is InChI=1S/C45H63N5O8/c1-25-16-36(26(2)27(3)45(25,5)6)48-44(54)40-39(28(4)52)38(23-51)58-50(40)21-30-13-11-15-34(41(30)55-9)31-19-35(42-37(20-31)56-24-57-42)43(53)47-33(22-49(7)8)18-29-12-10-14-32(46)17-29/h10-15,17,19-20,25-28,33,36,38-40,51-52H,16,18,21-24,46H2,1-9H3,(H,47,53)(H,48,54)/t25-,26+,27+,28+,33+,36+,38+,39-,40+/m1/s1. The fraction of sp³-hybridized carbons (Fsp3) is 0.556. The highest BCUT2D eigenvalue weighted by molar-refractivity contribution is 6.00. The molecule has 0 bridgehead atoms. The van der Waals surface area contributed by atoms with E-state index < -0.39 is 24.2 Å². The van der Waals surface area contributed by atoms with Crippen molar-refractivity contribution in [2.75, 3.05) is 46.9 Å². The van der Waals surface area contributed by atoms with Crippen LogP contribution < -0.4 is 30.6 Å². The van der Waals surface area contributed by atoms with Crippen LogP contribution in [0, 0.1) is 29.1 Å². The number of fused-ring (bicyclic) bond motifs is 1. The monoisotopic (exact) mass is 801 g/mol. The van der Waals surface area contributed by atoms with Gasteiger partial charge in [0.05, 0.1) is 31.9 Å². The predicted octanol–water partition coefficient (Wildman–Crippen LogP) is 4.87. The number of aliphatic hydroxyl groups is 2. The van der Waals surface area contributed by atoms with E-state index in [9.17, 15) is 19.8 Å². The number of aliphatic hydroxyl groups excluding tert-OH is 2. The Morgan fingerprint density at radius 1 is 1.09 bits per heavy atom. The Bertz CT molecular complexity index is 1940. The van der Waals surface area contributed by atoms with Crippen molar-refractivity contribution in [2.45, 2.75) is 91.3 Å². The van der Waals surface area contributed by atoms with E-state index in [1.165, 1.54) is 0 Å². The number of nitrogen functional groups attached to an aromatic ring is 1. The van der Waals surface area contributed by atoms with E-state index in [4.69, 9.17) is 24.8 Å². The lowest BCUT2D eigenvalue weighted by molar-refractivity contribution is -0.182. The first-order chi connectivity index (χ1) is 27.5. The van der Waals surface area contributed by atoms with Crippen molar-refractivity contribution in [1.29, 1.82) is 0 Å². The van der Waals surface area contributed by atoms with Crippen molar-refractivity contribution in [3.05, 3.63) is 71.3 Å². The molecule has 0 unspecified atom stereocenters. The largest absolute Gasteiger partial charge is 0.496 e. The summed E-state index contributed by atoms with van der Waals surface area (Å²) in [7, 11) is 5.49. The summed E-state index contributed by atoms with van der Waals surface area (Å²) >= 11 is 0. The zero-order chi connectivity index (χ0) is 42.1. The average Bonchev–Trinajstić information content (AvgIpc) is 3.80. The first-order valence-electron chi connectivity index (χ1n) is 20.5. The zero-order valence-electron chi connectivity index (χ0n) is 35.5. The van der Waals surface area contributed by atoms with Crippen molar-refractivity contribution in [3.8, 4) is 28.4 Å². The molecule has 3 aliphatic rings. The first kappa shape index (κ1) is 43.2. The van der Waals surface area contributed by atoms with Gasteiger partial charge in [0, 0.05) is 41.4 Å². The van der Waals surface area contributed by atoms with Gasteiger partial charge in [0.2, 0.25) is 12.7 Å². The van der Waals surface area contributed by atoms with Gasteiger partial charge < -0.3 is 45.7 Å². The van der Waals surface area contributed by atoms with Crippen LogP contribution >= 0.6 is 0 Å². The highest BCUT2D eigenvalue weighted by Gasteiger charge is 2.51. The molecule has 1 aliphatic carbocycles. The number of amides is 2. The van der Waals surface area contributed by atoms with Gasteiger partial charge in [0.25, 0.3) is 5.91 Å². The number of likely N-dealkylation sites (N-methyl/N-ethyl adjacent to an activating group) is 1. The summed E-state index contributed by atoms with van der Waals surface area (Å²) in [6.45, 7) is 13.2. The minimum absolute atomic E-state index is 0.0257. The molecule has 13 heteroatoms. The van der Waals surface area contributed by atoms with Crippen LogP contribution in [0.1, 0.15) is 69.4 Å². The fourth-order valence-electron chi connectivity index (χ4n) is 9.26. The van der Waals surface area contributed by atoms with Gasteiger partial charge in [0.15, 0.2) is 11.5 Å². The van der Waals surface area contributed by atoms with E-state index in [-0.39, 0.29) is 55.2 Å². The lowest BCUT2D eigenvalue weighted by Crippen LogP contribution is -2.56. The number of hydrogen-bond acceptors (Lipinski definition) is 11. The molecule has 2 amide bonds. The third-order valence-electron chi connectivity index (χ3n) is 13.2. The van der Waals surface area contributed by atoms with Gasteiger partial charge in [-0.2, -0.15) is 5.06 Å². The predicted molar refractivity (Wildman–Crippen MR) is 223 cm³/mol. The molecule has 1 saturated heterocycles. The third kappa shape index (κ3) is 8.93. The van der Waals surface area contributed by atoms with Crippen molar-refractivity contribution < 1.29 is 38.9 Å². The molecule has 13 nitrogen and oxygen atoms in total. The van der Waals surface area contributed by atoms with E-state index in [0.717, 1.165) is 12.0 Å². The summed E-state index contributed by atoms with van der Waals surface area (Å²) in [5.74, 6) is 1.06. The van der Waals surface area contributed by atoms with Crippen LogP contribution in [0.25, 0.3) is 11.1 Å². The summed E-state index contributed by atoms with van der Waals surface area (Å²) in [4.78, 5) is 36.8. The molecule has 0 radical (unpaired) electrons. The second-order valence-electron chi connectivity index (χ2n) is 17.5.